The quantitative estimate of drug-likeness (QED) is 0.628. The zero-order valence-corrected chi connectivity index (χ0v) is 9.21. The lowest BCUT2D eigenvalue weighted by Crippen LogP contribution is -2.42. The fourth-order valence-electron chi connectivity index (χ4n) is 1.41. The second-order valence-corrected chi connectivity index (χ2v) is 3.89. The molecule has 2 unspecified atom stereocenters. The van der Waals surface area contributed by atoms with Gasteiger partial charge in [0.2, 0.25) is 0 Å². The molecule has 0 bridgehead atoms. The van der Waals surface area contributed by atoms with E-state index in [9.17, 15) is 0 Å². The summed E-state index contributed by atoms with van der Waals surface area (Å²) in [6, 6.07) is 0.735. The van der Waals surface area contributed by atoms with E-state index in [0.29, 0.717) is 24.6 Å². The Labute approximate surface area is 81.5 Å². The van der Waals surface area contributed by atoms with Crippen molar-refractivity contribution in [1.29, 1.82) is 0 Å². The summed E-state index contributed by atoms with van der Waals surface area (Å²) < 4.78 is 5.04. The van der Waals surface area contributed by atoms with Gasteiger partial charge in [-0.3, -0.25) is 0 Å². The summed E-state index contributed by atoms with van der Waals surface area (Å²) in [6.45, 7) is 7.38. The van der Waals surface area contributed by atoms with Crippen LogP contribution in [0.15, 0.2) is 0 Å². The highest BCUT2D eigenvalue weighted by molar-refractivity contribution is 4.73. The average molecular weight is 189 g/mol. The summed E-state index contributed by atoms with van der Waals surface area (Å²) in [5.41, 5.74) is 0. The summed E-state index contributed by atoms with van der Waals surface area (Å²) in [6.07, 6.45) is 0.811. The van der Waals surface area contributed by atoms with Gasteiger partial charge in [-0.15, -0.1) is 0 Å². The normalized spacial score (nSPS) is 16.2. The molecule has 0 aliphatic rings. The maximum Gasteiger partial charge on any atom is 0.0613 e. The van der Waals surface area contributed by atoms with Gasteiger partial charge in [0.25, 0.3) is 0 Å². The van der Waals surface area contributed by atoms with Gasteiger partial charge in [-0.2, -0.15) is 0 Å². The molecule has 13 heavy (non-hydrogen) atoms. The van der Waals surface area contributed by atoms with Crippen LogP contribution in [0.3, 0.4) is 0 Å². The Morgan fingerprint density at radius 1 is 1.31 bits per heavy atom. The van der Waals surface area contributed by atoms with Crippen molar-refractivity contribution in [2.45, 2.75) is 39.3 Å². The van der Waals surface area contributed by atoms with Gasteiger partial charge in [-0.1, -0.05) is 13.8 Å². The van der Waals surface area contributed by atoms with Crippen molar-refractivity contribution in [3.8, 4) is 0 Å². The van der Waals surface area contributed by atoms with E-state index in [0.717, 1.165) is 6.42 Å². The fourth-order valence-corrected chi connectivity index (χ4v) is 1.41. The standard InChI is InChI=1S/C10H23NO2/c1-8(2)10(5-6-12)11-9(3)7-13-4/h8-12H,5-7H2,1-4H3. The maximum atomic E-state index is 8.86. The minimum atomic E-state index is 0.246. The highest BCUT2D eigenvalue weighted by atomic mass is 16.5. The van der Waals surface area contributed by atoms with E-state index in [1.165, 1.54) is 0 Å². The molecule has 0 amide bonds. The number of methoxy groups -OCH3 is 1. The monoisotopic (exact) mass is 189 g/mol. The molecule has 0 heterocycles. The number of aliphatic hydroxyl groups is 1. The van der Waals surface area contributed by atoms with Crippen molar-refractivity contribution < 1.29 is 9.84 Å². The molecular formula is C10H23NO2. The van der Waals surface area contributed by atoms with Crippen LogP contribution in [-0.2, 0) is 4.74 Å². The van der Waals surface area contributed by atoms with Crippen LogP contribution in [0.25, 0.3) is 0 Å². The van der Waals surface area contributed by atoms with Gasteiger partial charge in [0.1, 0.15) is 0 Å². The molecule has 0 fully saturated rings. The number of ether oxygens (including phenoxy) is 1. The first-order chi connectivity index (χ1) is 6.11. The predicted octanol–water partition coefficient (Wildman–Crippen LogP) is 1.02. The number of rotatable bonds is 7. The Bertz CT molecular complexity index is 117. The molecule has 0 rings (SSSR count). The molecule has 2 atom stereocenters. The van der Waals surface area contributed by atoms with Gasteiger partial charge in [-0.05, 0) is 19.3 Å². The second-order valence-electron chi connectivity index (χ2n) is 3.89. The van der Waals surface area contributed by atoms with Crippen molar-refractivity contribution in [3.05, 3.63) is 0 Å². The van der Waals surface area contributed by atoms with E-state index >= 15 is 0 Å². The summed E-state index contributed by atoms with van der Waals surface area (Å²) in [4.78, 5) is 0. The maximum absolute atomic E-state index is 8.86. The number of hydrogen-bond acceptors (Lipinski definition) is 3. The third kappa shape index (κ3) is 6.02. The fraction of sp³-hybridized carbons (Fsp3) is 1.00. The lowest BCUT2D eigenvalue weighted by molar-refractivity contribution is 0.155. The van der Waals surface area contributed by atoms with Crippen molar-refractivity contribution in [2.24, 2.45) is 5.92 Å². The van der Waals surface area contributed by atoms with Crippen LogP contribution in [0.5, 0.6) is 0 Å². The van der Waals surface area contributed by atoms with Crippen LogP contribution >= 0.6 is 0 Å². The van der Waals surface area contributed by atoms with E-state index in [4.69, 9.17) is 9.84 Å². The lowest BCUT2D eigenvalue weighted by atomic mass is 10.0. The Hall–Kier alpha value is -0.120. The van der Waals surface area contributed by atoms with Crippen molar-refractivity contribution >= 4 is 0 Å². The minimum absolute atomic E-state index is 0.246. The molecule has 3 nitrogen and oxygen atoms in total. The first kappa shape index (κ1) is 12.9. The number of hydrogen-bond donors (Lipinski definition) is 2. The molecule has 0 radical (unpaired) electrons. The smallest absolute Gasteiger partial charge is 0.0613 e. The topological polar surface area (TPSA) is 41.5 Å². The molecule has 80 valence electrons. The minimum Gasteiger partial charge on any atom is -0.396 e. The molecule has 0 aromatic carbocycles. The Kier molecular flexibility index (Phi) is 7.23. The molecule has 0 saturated carbocycles. The van der Waals surface area contributed by atoms with Gasteiger partial charge < -0.3 is 15.2 Å². The average Bonchev–Trinajstić information content (AvgIpc) is 2.04. The first-order valence-electron chi connectivity index (χ1n) is 4.97. The number of aliphatic hydroxyl groups excluding tert-OH is 1. The predicted molar refractivity (Wildman–Crippen MR) is 54.8 cm³/mol. The van der Waals surface area contributed by atoms with E-state index in [1.54, 1.807) is 7.11 Å². The van der Waals surface area contributed by atoms with Crippen molar-refractivity contribution in [1.82, 2.24) is 5.32 Å². The molecule has 0 aromatic heterocycles. The van der Waals surface area contributed by atoms with E-state index in [2.05, 4.69) is 26.1 Å². The van der Waals surface area contributed by atoms with Gasteiger partial charge in [-0.25, -0.2) is 0 Å². The van der Waals surface area contributed by atoms with Gasteiger partial charge in [0.05, 0.1) is 6.61 Å². The molecule has 0 aliphatic carbocycles. The highest BCUT2D eigenvalue weighted by Gasteiger charge is 2.14. The molecule has 0 saturated heterocycles. The van der Waals surface area contributed by atoms with Gasteiger partial charge in [0, 0.05) is 25.8 Å². The van der Waals surface area contributed by atoms with Crippen LogP contribution in [0, 0.1) is 5.92 Å². The lowest BCUT2D eigenvalue weighted by Gasteiger charge is -2.25. The summed E-state index contributed by atoms with van der Waals surface area (Å²) >= 11 is 0. The Morgan fingerprint density at radius 2 is 1.92 bits per heavy atom. The Balaban J connectivity index is 3.79. The SMILES string of the molecule is COCC(C)NC(CCO)C(C)C. The van der Waals surface area contributed by atoms with E-state index < -0.39 is 0 Å². The molecule has 0 aliphatic heterocycles. The largest absolute Gasteiger partial charge is 0.396 e. The zero-order chi connectivity index (χ0) is 10.3. The van der Waals surface area contributed by atoms with E-state index in [1.807, 2.05) is 0 Å². The summed E-state index contributed by atoms with van der Waals surface area (Å²) in [5.74, 6) is 0.548. The zero-order valence-electron chi connectivity index (χ0n) is 9.21. The third-order valence-corrected chi connectivity index (χ3v) is 2.16. The van der Waals surface area contributed by atoms with Gasteiger partial charge in [0.15, 0.2) is 0 Å². The van der Waals surface area contributed by atoms with Crippen LogP contribution in [-0.4, -0.2) is 37.5 Å². The van der Waals surface area contributed by atoms with Crippen LogP contribution in [0.1, 0.15) is 27.2 Å². The first-order valence-corrected chi connectivity index (χ1v) is 4.97. The van der Waals surface area contributed by atoms with Crippen molar-refractivity contribution in [2.75, 3.05) is 20.3 Å². The highest BCUT2D eigenvalue weighted by Crippen LogP contribution is 2.06. The molecule has 3 heteroatoms. The van der Waals surface area contributed by atoms with E-state index in [-0.39, 0.29) is 6.61 Å². The van der Waals surface area contributed by atoms with Crippen LogP contribution < -0.4 is 5.32 Å². The molecule has 0 spiro atoms. The molecule has 0 aromatic rings. The number of nitrogens with one attached hydrogen (secondary N) is 1. The van der Waals surface area contributed by atoms with Gasteiger partial charge >= 0.3 is 0 Å². The van der Waals surface area contributed by atoms with Crippen LogP contribution in [0.4, 0.5) is 0 Å². The molecular weight excluding hydrogens is 166 g/mol. The van der Waals surface area contributed by atoms with Crippen LogP contribution in [0.2, 0.25) is 0 Å². The Morgan fingerprint density at radius 3 is 2.31 bits per heavy atom. The second kappa shape index (κ2) is 7.30. The van der Waals surface area contributed by atoms with Crippen molar-refractivity contribution in [3.63, 3.8) is 0 Å². The summed E-state index contributed by atoms with van der Waals surface area (Å²) in [7, 11) is 1.70. The summed E-state index contributed by atoms with van der Waals surface area (Å²) in [5, 5.41) is 12.3. The third-order valence-electron chi connectivity index (χ3n) is 2.16. The molecule has 2 N–H and O–H groups in total.